The number of thiazole rings is 1. The van der Waals surface area contributed by atoms with Gasteiger partial charge in [-0.3, -0.25) is 14.5 Å². The first-order valence-corrected chi connectivity index (χ1v) is 12.0. The maximum Gasteiger partial charge on any atom is 0.230 e. The second-order valence-corrected chi connectivity index (χ2v) is 10.1. The predicted octanol–water partition coefficient (Wildman–Crippen LogP) is 4.49. The maximum absolute atomic E-state index is 12.2. The van der Waals surface area contributed by atoms with Crippen LogP contribution in [0.3, 0.4) is 0 Å². The largest absolute Gasteiger partial charge is 0.374 e. The Bertz CT molecular complexity index is 926. The number of hydrogen-bond acceptors (Lipinski definition) is 7. The summed E-state index contributed by atoms with van der Waals surface area (Å²) in [7, 11) is 0. The highest BCUT2D eigenvalue weighted by atomic mass is 35.5. The van der Waals surface area contributed by atoms with Gasteiger partial charge in [0.1, 0.15) is 0 Å². The number of nitrogens with one attached hydrogen (secondary N) is 1. The van der Waals surface area contributed by atoms with Crippen LogP contribution in [0.15, 0.2) is 22.5 Å². The molecule has 170 valence electrons. The quantitative estimate of drug-likeness (QED) is 0.405. The van der Waals surface area contributed by atoms with Crippen molar-refractivity contribution in [1.82, 2.24) is 15.2 Å². The molecule has 1 saturated heterocycles. The fourth-order valence-corrected chi connectivity index (χ4v) is 5.35. The Balaban J connectivity index is 0.00000341. The fourth-order valence-electron chi connectivity index (χ4n) is 3.11. The van der Waals surface area contributed by atoms with Crippen molar-refractivity contribution < 1.29 is 14.3 Å². The number of benzene rings is 1. The Morgan fingerprint density at radius 2 is 2.13 bits per heavy atom. The molecule has 1 aliphatic heterocycles. The fraction of sp³-hybridized carbons (Fsp3) is 0.450. The van der Waals surface area contributed by atoms with Gasteiger partial charge in [-0.1, -0.05) is 41.0 Å². The molecule has 1 fully saturated rings. The zero-order valence-corrected chi connectivity index (χ0v) is 21.1. The molecule has 0 bridgehead atoms. The van der Waals surface area contributed by atoms with Crippen LogP contribution in [0.5, 0.6) is 0 Å². The molecule has 31 heavy (non-hydrogen) atoms. The highest BCUT2D eigenvalue weighted by Gasteiger charge is 2.21. The number of nitrogens with zero attached hydrogens (tertiary/aromatic N) is 2. The van der Waals surface area contributed by atoms with Gasteiger partial charge in [0.2, 0.25) is 5.91 Å². The van der Waals surface area contributed by atoms with Crippen LogP contribution in [0, 0.1) is 6.92 Å². The van der Waals surface area contributed by atoms with Crippen LogP contribution in [0.25, 0.3) is 0 Å². The molecular weight excluding hydrogens is 501 g/mol. The van der Waals surface area contributed by atoms with Crippen molar-refractivity contribution in [3.8, 4) is 0 Å². The van der Waals surface area contributed by atoms with Gasteiger partial charge in [0, 0.05) is 33.1 Å². The first-order valence-electron chi connectivity index (χ1n) is 9.47. The summed E-state index contributed by atoms with van der Waals surface area (Å²) in [6, 6.07) is 5.65. The molecule has 2 heterocycles. The molecule has 2 aromatic rings. The lowest BCUT2D eigenvalue weighted by molar-refractivity contribution is -0.119. The first kappa shape index (κ1) is 26.4. The molecule has 1 aromatic heterocycles. The SMILES string of the molecule is CC(=O)c1sc(SCC(=O)NC[C@H]2CN(Cc3ccc(Cl)c(Cl)c3)CCO2)nc1C.Cl. The number of amides is 1. The summed E-state index contributed by atoms with van der Waals surface area (Å²) in [4.78, 5) is 31.0. The predicted molar refractivity (Wildman–Crippen MR) is 129 cm³/mol. The number of aryl methyl sites for hydroxylation is 1. The third-order valence-corrected chi connectivity index (χ3v) is 7.70. The molecule has 0 radical (unpaired) electrons. The van der Waals surface area contributed by atoms with Crippen LogP contribution in [0.2, 0.25) is 10.0 Å². The molecule has 6 nitrogen and oxygen atoms in total. The van der Waals surface area contributed by atoms with Crippen molar-refractivity contribution in [2.45, 2.75) is 30.8 Å². The molecular formula is C20H24Cl3N3O3S2. The number of carbonyl (C=O) groups excluding carboxylic acids is 2. The van der Waals surface area contributed by atoms with Gasteiger partial charge in [0.25, 0.3) is 0 Å². The summed E-state index contributed by atoms with van der Waals surface area (Å²) < 4.78 is 6.52. The van der Waals surface area contributed by atoms with E-state index in [2.05, 4.69) is 15.2 Å². The van der Waals surface area contributed by atoms with Crippen LogP contribution in [-0.2, 0) is 16.1 Å². The van der Waals surface area contributed by atoms with E-state index < -0.39 is 0 Å². The molecule has 3 rings (SSSR count). The van der Waals surface area contributed by atoms with Crippen molar-refractivity contribution in [1.29, 1.82) is 0 Å². The van der Waals surface area contributed by atoms with Gasteiger partial charge in [-0.2, -0.15) is 0 Å². The normalized spacial score (nSPS) is 16.6. The van der Waals surface area contributed by atoms with E-state index in [1.807, 2.05) is 19.1 Å². The van der Waals surface area contributed by atoms with Gasteiger partial charge in [0.15, 0.2) is 10.1 Å². The third-order valence-electron chi connectivity index (χ3n) is 4.56. The van der Waals surface area contributed by atoms with Crippen molar-refractivity contribution >= 4 is 70.4 Å². The van der Waals surface area contributed by atoms with Crippen LogP contribution in [-0.4, -0.2) is 59.7 Å². The standard InChI is InChI=1S/C20H23Cl2N3O3S2.ClH/c1-12-19(13(2)26)30-20(24-12)29-11-18(27)23-8-15-10-25(5-6-28-15)9-14-3-4-16(21)17(22)7-14;/h3-4,7,15H,5-6,8-11H2,1-2H3,(H,23,27);1H/t15-;/m0./s1. The lowest BCUT2D eigenvalue weighted by Gasteiger charge is -2.33. The number of rotatable bonds is 8. The van der Waals surface area contributed by atoms with E-state index in [1.54, 1.807) is 6.07 Å². The molecule has 1 aliphatic rings. The second kappa shape index (κ2) is 12.4. The monoisotopic (exact) mass is 523 g/mol. The lowest BCUT2D eigenvalue weighted by Crippen LogP contribution is -2.47. The highest BCUT2D eigenvalue weighted by Crippen LogP contribution is 2.27. The van der Waals surface area contributed by atoms with Crippen molar-refractivity contribution in [3.63, 3.8) is 0 Å². The maximum atomic E-state index is 12.2. The second-order valence-electron chi connectivity index (χ2n) is 7.02. The molecule has 0 saturated carbocycles. The van der Waals surface area contributed by atoms with Crippen LogP contribution < -0.4 is 5.32 Å². The number of halogens is 3. The van der Waals surface area contributed by atoms with E-state index in [9.17, 15) is 9.59 Å². The minimum absolute atomic E-state index is 0. The summed E-state index contributed by atoms with van der Waals surface area (Å²) >= 11 is 14.8. The average Bonchev–Trinajstić information content (AvgIpc) is 3.09. The molecule has 1 N–H and O–H groups in total. The Morgan fingerprint density at radius 1 is 1.35 bits per heavy atom. The van der Waals surface area contributed by atoms with Gasteiger partial charge in [-0.15, -0.1) is 23.7 Å². The van der Waals surface area contributed by atoms with E-state index >= 15 is 0 Å². The lowest BCUT2D eigenvalue weighted by atomic mass is 10.2. The smallest absolute Gasteiger partial charge is 0.230 e. The minimum atomic E-state index is -0.0811. The number of Topliss-reactive ketones (excluding diaryl/α,β-unsaturated/α-hetero) is 1. The highest BCUT2D eigenvalue weighted by molar-refractivity contribution is 8.01. The Kier molecular flexibility index (Phi) is 10.5. The van der Waals surface area contributed by atoms with Gasteiger partial charge < -0.3 is 10.1 Å². The number of aromatic nitrogens is 1. The van der Waals surface area contributed by atoms with E-state index in [4.69, 9.17) is 27.9 Å². The van der Waals surface area contributed by atoms with E-state index in [-0.39, 0.29) is 36.0 Å². The van der Waals surface area contributed by atoms with E-state index in [0.29, 0.717) is 33.8 Å². The van der Waals surface area contributed by atoms with Crippen LogP contribution in [0.1, 0.15) is 27.9 Å². The van der Waals surface area contributed by atoms with Crippen molar-refractivity contribution in [2.75, 3.05) is 32.0 Å². The van der Waals surface area contributed by atoms with Crippen LogP contribution >= 0.6 is 58.7 Å². The van der Waals surface area contributed by atoms with Gasteiger partial charge in [-0.05, 0) is 24.6 Å². The number of thioether (sulfide) groups is 1. The van der Waals surface area contributed by atoms with Crippen LogP contribution in [0.4, 0.5) is 0 Å². The third kappa shape index (κ3) is 7.89. The zero-order valence-electron chi connectivity index (χ0n) is 17.2. The Labute approximate surface area is 206 Å². The summed E-state index contributed by atoms with van der Waals surface area (Å²) in [5.41, 5.74) is 1.81. The molecule has 0 unspecified atom stereocenters. The molecule has 1 atom stereocenters. The summed E-state index contributed by atoms with van der Waals surface area (Å²) in [5, 5.41) is 4.03. The summed E-state index contributed by atoms with van der Waals surface area (Å²) in [6.07, 6.45) is -0.0677. The number of ketones is 1. The zero-order chi connectivity index (χ0) is 21.7. The molecule has 1 amide bonds. The van der Waals surface area contributed by atoms with Crippen molar-refractivity contribution in [3.05, 3.63) is 44.4 Å². The molecule has 0 spiro atoms. The Morgan fingerprint density at radius 3 is 2.81 bits per heavy atom. The topological polar surface area (TPSA) is 71.5 Å². The number of hydrogen-bond donors (Lipinski definition) is 1. The molecule has 0 aliphatic carbocycles. The minimum Gasteiger partial charge on any atom is -0.374 e. The number of carbonyl (C=O) groups is 2. The molecule has 1 aromatic carbocycles. The molecule has 11 heteroatoms. The average molecular weight is 525 g/mol. The van der Waals surface area contributed by atoms with Crippen molar-refractivity contribution in [2.24, 2.45) is 0 Å². The van der Waals surface area contributed by atoms with E-state index in [0.717, 1.165) is 29.5 Å². The van der Waals surface area contributed by atoms with E-state index in [1.165, 1.54) is 30.0 Å². The summed E-state index contributed by atoms with van der Waals surface area (Å²) in [6.45, 7) is 6.69. The van der Waals surface area contributed by atoms with Gasteiger partial charge in [0.05, 0.1) is 39.1 Å². The number of ether oxygens (including phenoxy) is 1. The number of morpholine rings is 1. The van der Waals surface area contributed by atoms with Gasteiger partial charge in [-0.25, -0.2) is 4.98 Å². The Hall–Kier alpha value is -0.870. The summed E-state index contributed by atoms with van der Waals surface area (Å²) in [5.74, 6) is 0.174. The van der Waals surface area contributed by atoms with Gasteiger partial charge >= 0.3 is 0 Å². The first-order chi connectivity index (χ1) is 14.3.